The minimum Gasteiger partial charge on any atom is -0.493 e. The SMILES string of the molecule is CCOc1ccc(S(=O)(=O)N(C)CC(C)C)cc1C1=NC(c2ccc(Cl)cc2)C(c2ccc(Cl)cc2)N1C(=O)N1CCN(C(=O)C2CC2)CC1. The monoisotopic (exact) mass is 739 g/mol. The maximum absolute atomic E-state index is 14.9. The molecule has 6 rings (SSSR count). The molecule has 3 aliphatic rings. The number of benzene rings is 3. The minimum atomic E-state index is -3.89. The molecular weight excluding hydrogens is 697 g/mol. The van der Waals surface area contributed by atoms with E-state index in [0.717, 1.165) is 24.0 Å². The van der Waals surface area contributed by atoms with Crippen LogP contribution in [0.15, 0.2) is 76.6 Å². The second-order valence-corrected chi connectivity index (χ2v) is 16.4. The summed E-state index contributed by atoms with van der Waals surface area (Å²) in [4.78, 5) is 38.3. The van der Waals surface area contributed by atoms with Gasteiger partial charge in [0, 0.05) is 55.7 Å². The van der Waals surface area contributed by atoms with Gasteiger partial charge < -0.3 is 14.5 Å². The first-order chi connectivity index (χ1) is 23.9. The topological polar surface area (TPSA) is 103 Å². The molecule has 13 heteroatoms. The first kappa shape index (κ1) is 36.2. The van der Waals surface area contributed by atoms with Gasteiger partial charge in [-0.2, -0.15) is 0 Å². The molecule has 3 aromatic carbocycles. The summed E-state index contributed by atoms with van der Waals surface area (Å²) in [6, 6.07) is 17.9. The van der Waals surface area contributed by atoms with Gasteiger partial charge in [0.1, 0.15) is 17.6 Å². The normalized spacial score (nSPS) is 19.7. The van der Waals surface area contributed by atoms with E-state index in [0.29, 0.717) is 66.5 Å². The van der Waals surface area contributed by atoms with Gasteiger partial charge in [0.05, 0.1) is 23.1 Å². The van der Waals surface area contributed by atoms with Crippen molar-refractivity contribution in [3.05, 3.63) is 93.5 Å². The summed E-state index contributed by atoms with van der Waals surface area (Å²) in [5.41, 5.74) is 2.00. The van der Waals surface area contributed by atoms with Crippen LogP contribution in [0.25, 0.3) is 0 Å². The first-order valence-corrected chi connectivity index (χ1v) is 19.3. The number of aliphatic imine (C=N–C) groups is 1. The van der Waals surface area contributed by atoms with Crippen LogP contribution in [0.5, 0.6) is 5.75 Å². The van der Waals surface area contributed by atoms with Crippen molar-refractivity contribution in [3.8, 4) is 5.75 Å². The number of nitrogens with zero attached hydrogens (tertiary/aromatic N) is 5. The summed E-state index contributed by atoms with van der Waals surface area (Å²) in [6.07, 6.45) is 1.84. The molecule has 2 heterocycles. The third-order valence-corrected chi connectivity index (χ3v) is 11.6. The van der Waals surface area contributed by atoms with Crippen molar-refractivity contribution in [2.24, 2.45) is 16.8 Å². The van der Waals surface area contributed by atoms with Crippen molar-refractivity contribution in [1.29, 1.82) is 0 Å². The van der Waals surface area contributed by atoms with Crippen LogP contribution in [-0.2, 0) is 14.8 Å². The lowest BCUT2D eigenvalue weighted by atomic mass is 9.93. The molecule has 50 heavy (non-hydrogen) atoms. The van der Waals surface area contributed by atoms with E-state index in [1.54, 1.807) is 53.2 Å². The number of carbonyl (C=O) groups is 2. The highest BCUT2D eigenvalue weighted by molar-refractivity contribution is 7.89. The van der Waals surface area contributed by atoms with Crippen molar-refractivity contribution in [2.75, 3.05) is 46.4 Å². The zero-order valence-electron chi connectivity index (χ0n) is 28.8. The summed E-state index contributed by atoms with van der Waals surface area (Å²) in [5, 5.41) is 1.11. The number of carbonyl (C=O) groups excluding carboxylic acids is 2. The second kappa shape index (κ2) is 14.9. The largest absolute Gasteiger partial charge is 0.493 e. The maximum Gasteiger partial charge on any atom is 0.326 e. The lowest BCUT2D eigenvalue weighted by Crippen LogP contribution is -2.55. The Morgan fingerprint density at radius 2 is 1.48 bits per heavy atom. The molecule has 2 unspecified atom stereocenters. The number of amides is 3. The van der Waals surface area contributed by atoms with Crippen LogP contribution in [0.1, 0.15) is 62.4 Å². The first-order valence-electron chi connectivity index (χ1n) is 17.1. The van der Waals surface area contributed by atoms with E-state index in [1.165, 1.54) is 10.4 Å². The Bertz CT molecular complexity index is 1860. The van der Waals surface area contributed by atoms with Crippen LogP contribution in [0.4, 0.5) is 4.79 Å². The second-order valence-electron chi connectivity index (χ2n) is 13.5. The zero-order valence-corrected chi connectivity index (χ0v) is 31.1. The molecule has 1 aliphatic carbocycles. The van der Waals surface area contributed by atoms with Crippen LogP contribution in [0, 0.1) is 11.8 Å². The third-order valence-electron chi connectivity index (χ3n) is 9.31. The molecule has 1 saturated carbocycles. The van der Waals surface area contributed by atoms with Crippen LogP contribution in [-0.4, -0.2) is 91.6 Å². The summed E-state index contributed by atoms with van der Waals surface area (Å²) in [7, 11) is -2.33. The third kappa shape index (κ3) is 7.51. The lowest BCUT2D eigenvalue weighted by molar-refractivity contribution is -0.134. The number of urea groups is 1. The Morgan fingerprint density at radius 1 is 0.900 bits per heavy atom. The molecule has 0 bridgehead atoms. The van der Waals surface area contributed by atoms with E-state index in [-0.39, 0.29) is 28.7 Å². The molecular formula is C37H43Cl2N5O5S. The Kier molecular flexibility index (Phi) is 10.8. The number of piperazine rings is 1. The van der Waals surface area contributed by atoms with E-state index in [9.17, 15) is 18.0 Å². The number of hydrogen-bond acceptors (Lipinski definition) is 6. The van der Waals surface area contributed by atoms with E-state index in [1.807, 2.05) is 49.9 Å². The van der Waals surface area contributed by atoms with E-state index in [4.69, 9.17) is 32.9 Å². The molecule has 2 fully saturated rings. The summed E-state index contributed by atoms with van der Waals surface area (Å²) in [6.45, 7) is 8.00. The van der Waals surface area contributed by atoms with Gasteiger partial charge in [0.25, 0.3) is 0 Å². The Labute approximate surface area is 304 Å². The number of halogens is 2. The van der Waals surface area contributed by atoms with E-state index >= 15 is 0 Å². The minimum absolute atomic E-state index is 0.0689. The fourth-order valence-electron chi connectivity index (χ4n) is 6.63. The Hall–Kier alpha value is -3.64. The maximum atomic E-state index is 14.9. The molecule has 0 spiro atoms. The van der Waals surface area contributed by atoms with Crippen LogP contribution >= 0.6 is 23.2 Å². The summed E-state index contributed by atoms with van der Waals surface area (Å²) < 4.78 is 35.1. The highest BCUT2D eigenvalue weighted by atomic mass is 35.5. The Morgan fingerprint density at radius 3 is 2.04 bits per heavy atom. The highest BCUT2D eigenvalue weighted by Crippen LogP contribution is 2.46. The Balaban J connectivity index is 1.48. The quantitative estimate of drug-likeness (QED) is 0.226. The molecule has 1 saturated heterocycles. The van der Waals surface area contributed by atoms with Gasteiger partial charge in [0.2, 0.25) is 15.9 Å². The van der Waals surface area contributed by atoms with Crippen molar-refractivity contribution < 1.29 is 22.7 Å². The predicted octanol–water partition coefficient (Wildman–Crippen LogP) is 6.89. The van der Waals surface area contributed by atoms with Gasteiger partial charge >= 0.3 is 6.03 Å². The van der Waals surface area contributed by atoms with E-state index in [2.05, 4.69) is 0 Å². The molecule has 0 N–H and O–H groups in total. The predicted molar refractivity (Wildman–Crippen MR) is 195 cm³/mol. The standard InChI is InChI=1S/C37H43Cl2N5O5S/c1-5-49-32-17-16-30(50(47,48)41(4)23-24(2)3)22-31(32)35-40-33(25-8-12-28(38)13-9-25)34(26-10-14-29(39)15-11-26)44(35)37(46)43-20-18-42(19-21-43)36(45)27-6-7-27/h8-17,22,24,27,33-34H,5-7,18-21,23H2,1-4H3. The smallest absolute Gasteiger partial charge is 0.326 e. The lowest BCUT2D eigenvalue weighted by Gasteiger charge is -2.39. The number of amidine groups is 1. The van der Waals surface area contributed by atoms with Crippen molar-refractivity contribution in [3.63, 3.8) is 0 Å². The van der Waals surface area contributed by atoms with Crippen molar-refractivity contribution in [1.82, 2.24) is 19.0 Å². The van der Waals surface area contributed by atoms with Gasteiger partial charge in [0.15, 0.2) is 0 Å². The van der Waals surface area contributed by atoms with Crippen LogP contribution < -0.4 is 4.74 Å². The molecule has 0 radical (unpaired) electrons. The molecule has 266 valence electrons. The van der Waals surface area contributed by atoms with Gasteiger partial charge in [-0.15, -0.1) is 0 Å². The van der Waals surface area contributed by atoms with E-state index < -0.39 is 22.1 Å². The summed E-state index contributed by atoms with van der Waals surface area (Å²) >= 11 is 12.6. The average Bonchev–Trinajstić information content (AvgIpc) is 3.88. The molecule has 0 aromatic heterocycles. The van der Waals surface area contributed by atoms with Gasteiger partial charge in [-0.3, -0.25) is 14.7 Å². The fraction of sp³-hybridized carbons (Fsp3) is 0.432. The highest BCUT2D eigenvalue weighted by Gasteiger charge is 2.46. The number of rotatable bonds is 10. The molecule has 2 atom stereocenters. The number of sulfonamides is 1. The molecule has 2 aliphatic heterocycles. The van der Waals surface area contributed by atoms with Gasteiger partial charge in [-0.1, -0.05) is 61.3 Å². The van der Waals surface area contributed by atoms with Crippen molar-refractivity contribution >= 4 is 51.0 Å². The number of hydrogen-bond donors (Lipinski definition) is 0. The number of ether oxygens (including phenoxy) is 1. The molecule has 3 amide bonds. The van der Waals surface area contributed by atoms with Crippen molar-refractivity contribution in [2.45, 2.75) is 50.6 Å². The fourth-order valence-corrected chi connectivity index (χ4v) is 8.24. The van der Waals surface area contributed by atoms with Crippen LogP contribution in [0.3, 0.4) is 0 Å². The average molecular weight is 741 g/mol. The van der Waals surface area contributed by atoms with Gasteiger partial charge in [-0.05, 0) is 79.3 Å². The summed E-state index contributed by atoms with van der Waals surface area (Å²) in [5.74, 6) is 1.07. The molecule has 3 aromatic rings. The molecule has 10 nitrogen and oxygen atoms in total. The zero-order chi connectivity index (χ0) is 35.7. The van der Waals surface area contributed by atoms with Gasteiger partial charge in [-0.25, -0.2) is 17.5 Å². The van der Waals surface area contributed by atoms with Crippen LogP contribution in [0.2, 0.25) is 10.0 Å².